The van der Waals surface area contributed by atoms with E-state index in [0.717, 1.165) is 22.6 Å². The highest BCUT2D eigenvalue weighted by atomic mass is 32.2. The molecule has 4 aromatic rings. The Kier molecular flexibility index (Phi) is 4.05. The molecule has 5 rings (SSSR count). The van der Waals surface area contributed by atoms with Crippen molar-refractivity contribution in [3.63, 3.8) is 0 Å². The molecule has 1 aromatic carbocycles. The molecule has 142 valence electrons. The van der Waals surface area contributed by atoms with Gasteiger partial charge in [-0.25, -0.2) is 0 Å². The Hall–Kier alpha value is -3.27. The van der Waals surface area contributed by atoms with E-state index in [4.69, 9.17) is 22.7 Å². The van der Waals surface area contributed by atoms with Gasteiger partial charge < -0.3 is 22.7 Å². The van der Waals surface area contributed by atoms with Crippen LogP contribution in [-0.4, -0.2) is 27.2 Å². The number of fused-ring (bicyclic) bond motifs is 1. The molecule has 0 N–H and O–H groups in total. The minimum Gasteiger partial charge on any atom is -0.466 e. The molecule has 0 amide bonds. The summed E-state index contributed by atoms with van der Waals surface area (Å²) < 4.78 is 27.6. The zero-order valence-corrected chi connectivity index (χ0v) is 15.8. The maximum absolute atomic E-state index is 5.70. The lowest BCUT2D eigenvalue weighted by Gasteiger charge is -1.97. The topological polar surface area (TPSA) is 109 Å². The lowest BCUT2D eigenvalue weighted by Crippen LogP contribution is -1.92. The summed E-state index contributed by atoms with van der Waals surface area (Å²) in [5.74, 6) is 4.59. The van der Waals surface area contributed by atoms with Crippen molar-refractivity contribution < 1.29 is 22.7 Å². The summed E-state index contributed by atoms with van der Waals surface area (Å²) in [6.45, 7) is 3.95. The molecule has 0 spiro atoms. The highest BCUT2D eigenvalue weighted by Crippen LogP contribution is 2.36. The van der Waals surface area contributed by atoms with Gasteiger partial charge in [0.05, 0.1) is 11.3 Å². The van der Waals surface area contributed by atoms with E-state index < -0.39 is 0 Å². The van der Waals surface area contributed by atoms with Crippen molar-refractivity contribution in [1.82, 2.24) is 20.4 Å². The Bertz CT molecular complexity index is 1150. The second kappa shape index (κ2) is 6.71. The normalized spacial score (nSPS) is 12.6. The number of ether oxygens (including phenoxy) is 2. The number of aromatic nitrogens is 4. The second-order valence-electron chi connectivity index (χ2n) is 6.06. The molecule has 0 aliphatic carbocycles. The summed E-state index contributed by atoms with van der Waals surface area (Å²) in [5, 5.41) is 16.7. The van der Waals surface area contributed by atoms with Gasteiger partial charge in [0.1, 0.15) is 11.5 Å². The van der Waals surface area contributed by atoms with Crippen LogP contribution >= 0.6 is 11.8 Å². The molecule has 10 heteroatoms. The predicted molar refractivity (Wildman–Crippen MR) is 96.9 cm³/mol. The number of hydrogen-bond acceptors (Lipinski definition) is 10. The zero-order chi connectivity index (χ0) is 19.1. The summed E-state index contributed by atoms with van der Waals surface area (Å²) in [6, 6.07) is 7.34. The molecule has 4 heterocycles. The monoisotopic (exact) mass is 398 g/mol. The van der Waals surface area contributed by atoms with Gasteiger partial charge in [0.25, 0.3) is 11.1 Å². The standard InChI is InChI=1S/C18H14N4O5S/c1-9-5-12(10(2)25-9)17-21-19-15(26-17)7-28-18-22-20-16(27-18)11-3-4-13-14(6-11)24-8-23-13/h3-6H,7-8H2,1-2H3. The van der Waals surface area contributed by atoms with Crippen molar-refractivity contribution in [3.05, 3.63) is 41.7 Å². The van der Waals surface area contributed by atoms with E-state index in [1.54, 1.807) is 0 Å². The maximum Gasteiger partial charge on any atom is 0.277 e. The molecule has 1 aliphatic rings. The molecule has 9 nitrogen and oxygen atoms in total. The third-order valence-electron chi connectivity index (χ3n) is 4.08. The maximum atomic E-state index is 5.70. The minimum absolute atomic E-state index is 0.216. The molecule has 0 bridgehead atoms. The van der Waals surface area contributed by atoms with E-state index in [-0.39, 0.29) is 6.79 Å². The van der Waals surface area contributed by atoms with Crippen LogP contribution in [0.15, 0.2) is 42.7 Å². The highest BCUT2D eigenvalue weighted by molar-refractivity contribution is 7.98. The van der Waals surface area contributed by atoms with Crippen LogP contribution in [0, 0.1) is 13.8 Å². The van der Waals surface area contributed by atoms with Crippen LogP contribution in [0.3, 0.4) is 0 Å². The van der Waals surface area contributed by atoms with E-state index in [9.17, 15) is 0 Å². The highest BCUT2D eigenvalue weighted by Gasteiger charge is 2.18. The minimum atomic E-state index is 0.216. The number of nitrogens with zero attached hydrogens (tertiary/aromatic N) is 4. The third kappa shape index (κ3) is 3.11. The SMILES string of the molecule is Cc1cc(-c2nnc(CSc3nnc(-c4ccc5c(c4)OCO5)o3)o2)c(C)o1. The molecule has 1 aliphatic heterocycles. The molecule has 0 atom stereocenters. The number of benzene rings is 1. The summed E-state index contributed by atoms with van der Waals surface area (Å²) in [4.78, 5) is 0. The molecular formula is C18H14N4O5S. The van der Waals surface area contributed by atoms with Crippen molar-refractivity contribution >= 4 is 11.8 Å². The largest absolute Gasteiger partial charge is 0.466 e. The summed E-state index contributed by atoms with van der Waals surface area (Å²) in [5.41, 5.74) is 1.55. The quantitative estimate of drug-likeness (QED) is 0.457. The summed E-state index contributed by atoms with van der Waals surface area (Å²) >= 11 is 1.32. The molecule has 0 radical (unpaired) electrons. The van der Waals surface area contributed by atoms with E-state index >= 15 is 0 Å². The van der Waals surface area contributed by atoms with Gasteiger partial charge in [-0.3, -0.25) is 0 Å². The Labute approximate surface area is 163 Å². The van der Waals surface area contributed by atoms with E-state index in [1.165, 1.54) is 11.8 Å². The fourth-order valence-corrected chi connectivity index (χ4v) is 3.40. The predicted octanol–water partition coefficient (Wildman–Crippen LogP) is 4.02. The average molecular weight is 398 g/mol. The van der Waals surface area contributed by atoms with Gasteiger partial charge in [0, 0.05) is 5.56 Å². The first-order chi connectivity index (χ1) is 13.7. The first kappa shape index (κ1) is 16.9. The summed E-state index contributed by atoms with van der Waals surface area (Å²) in [6.07, 6.45) is 0. The second-order valence-corrected chi connectivity index (χ2v) is 6.98. The lowest BCUT2D eigenvalue weighted by molar-refractivity contribution is 0.174. The van der Waals surface area contributed by atoms with Crippen LogP contribution in [0.4, 0.5) is 0 Å². The third-order valence-corrected chi connectivity index (χ3v) is 4.89. The first-order valence-corrected chi connectivity index (χ1v) is 9.40. The first-order valence-electron chi connectivity index (χ1n) is 8.42. The van der Waals surface area contributed by atoms with Gasteiger partial charge in [-0.2, -0.15) is 0 Å². The molecule has 28 heavy (non-hydrogen) atoms. The average Bonchev–Trinajstić information content (AvgIpc) is 3.46. The van der Waals surface area contributed by atoms with Crippen LogP contribution in [0.25, 0.3) is 22.9 Å². The number of furan rings is 1. The van der Waals surface area contributed by atoms with Crippen LogP contribution < -0.4 is 9.47 Å². The van der Waals surface area contributed by atoms with Crippen LogP contribution in [0.1, 0.15) is 17.4 Å². The van der Waals surface area contributed by atoms with Crippen molar-refractivity contribution in [2.75, 3.05) is 6.79 Å². The van der Waals surface area contributed by atoms with Gasteiger partial charge in [-0.05, 0) is 38.1 Å². The Morgan fingerprint density at radius 3 is 2.61 bits per heavy atom. The van der Waals surface area contributed by atoms with Gasteiger partial charge in [0.2, 0.25) is 18.6 Å². The van der Waals surface area contributed by atoms with Gasteiger partial charge in [-0.1, -0.05) is 11.8 Å². The molecule has 0 saturated carbocycles. The van der Waals surface area contributed by atoms with Crippen LogP contribution in [-0.2, 0) is 5.75 Å². The number of thioether (sulfide) groups is 1. The van der Waals surface area contributed by atoms with Crippen molar-refractivity contribution in [2.45, 2.75) is 24.8 Å². The molecular weight excluding hydrogens is 384 g/mol. The van der Waals surface area contributed by atoms with E-state index in [0.29, 0.717) is 40.1 Å². The van der Waals surface area contributed by atoms with Crippen LogP contribution in [0.2, 0.25) is 0 Å². The summed E-state index contributed by atoms with van der Waals surface area (Å²) in [7, 11) is 0. The molecule has 0 saturated heterocycles. The lowest BCUT2D eigenvalue weighted by atomic mass is 10.2. The van der Waals surface area contributed by atoms with Crippen LogP contribution in [0.5, 0.6) is 11.5 Å². The van der Waals surface area contributed by atoms with Gasteiger partial charge in [0.15, 0.2) is 11.5 Å². The zero-order valence-electron chi connectivity index (χ0n) is 15.0. The fourth-order valence-electron chi connectivity index (χ4n) is 2.80. The Balaban J connectivity index is 1.27. The smallest absolute Gasteiger partial charge is 0.277 e. The number of aryl methyl sites for hydroxylation is 2. The Morgan fingerprint density at radius 2 is 1.75 bits per heavy atom. The van der Waals surface area contributed by atoms with Crippen molar-refractivity contribution in [1.29, 1.82) is 0 Å². The molecule has 0 unspecified atom stereocenters. The van der Waals surface area contributed by atoms with Gasteiger partial charge in [-0.15, -0.1) is 20.4 Å². The number of hydrogen-bond donors (Lipinski definition) is 0. The van der Waals surface area contributed by atoms with E-state index in [2.05, 4.69) is 20.4 Å². The van der Waals surface area contributed by atoms with Gasteiger partial charge >= 0.3 is 0 Å². The van der Waals surface area contributed by atoms with Crippen molar-refractivity contribution in [3.8, 4) is 34.4 Å². The van der Waals surface area contributed by atoms with Crippen molar-refractivity contribution in [2.24, 2.45) is 0 Å². The Morgan fingerprint density at radius 1 is 0.893 bits per heavy atom. The number of rotatable bonds is 5. The van der Waals surface area contributed by atoms with E-state index in [1.807, 2.05) is 38.1 Å². The fraction of sp³-hybridized carbons (Fsp3) is 0.222. The molecule has 0 fully saturated rings. The molecule has 3 aromatic heterocycles.